The summed E-state index contributed by atoms with van der Waals surface area (Å²) in [6.07, 6.45) is 14.5. The first kappa shape index (κ1) is 17.1. The molecule has 0 bridgehead atoms. The lowest BCUT2D eigenvalue weighted by atomic mass is 9.78. The Hall–Kier alpha value is -1.70. The second kappa shape index (κ2) is 8.41. The molecule has 1 aliphatic rings. The summed E-state index contributed by atoms with van der Waals surface area (Å²) in [4.78, 5) is 8.95. The van der Waals surface area contributed by atoms with Crippen LogP contribution in [0.15, 0.2) is 36.7 Å². The van der Waals surface area contributed by atoms with Crippen LogP contribution in [0.4, 0.5) is 0 Å². The summed E-state index contributed by atoms with van der Waals surface area (Å²) in [5.41, 5.74) is 3.75. The molecule has 0 unspecified atom stereocenters. The van der Waals surface area contributed by atoms with Gasteiger partial charge in [-0.05, 0) is 42.2 Å². The molecule has 24 heavy (non-hydrogen) atoms. The molecule has 1 heterocycles. The summed E-state index contributed by atoms with van der Waals surface area (Å²) < 4.78 is 0. The minimum atomic E-state index is 0.830. The van der Waals surface area contributed by atoms with E-state index in [1.807, 2.05) is 12.4 Å². The van der Waals surface area contributed by atoms with Crippen molar-refractivity contribution in [2.24, 2.45) is 11.8 Å². The number of aromatic nitrogens is 2. The Kier molecular flexibility index (Phi) is 6.01. The van der Waals surface area contributed by atoms with Crippen molar-refractivity contribution < 1.29 is 0 Å². The number of aryl methyl sites for hydroxylation is 2. The molecule has 128 valence electrons. The summed E-state index contributed by atoms with van der Waals surface area (Å²) in [6.45, 7) is 4.47. The molecule has 1 aromatic heterocycles. The number of hydrogen-bond acceptors (Lipinski definition) is 2. The van der Waals surface area contributed by atoms with Crippen molar-refractivity contribution in [3.63, 3.8) is 0 Å². The molecule has 0 saturated heterocycles. The highest BCUT2D eigenvalue weighted by atomic mass is 14.9. The molecule has 2 aromatic rings. The molecule has 0 atom stereocenters. The van der Waals surface area contributed by atoms with E-state index in [1.54, 1.807) is 0 Å². The van der Waals surface area contributed by atoms with E-state index >= 15 is 0 Å². The smallest absolute Gasteiger partial charge is 0.159 e. The van der Waals surface area contributed by atoms with Crippen LogP contribution in [-0.2, 0) is 12.8 Å². The van der Waals surface area contributed by atoms with Gasteiger partial charge in [0.25, 0.3) is 0 Å². The summed E-state index contributed by atoms with van der Waals surface area (Å²) in [7, 11) is 0. The molecule has 0 spiro atoms. The third kappa shape index (κ3) is 4.43. The molecule has 0 radical (unpaired) electrons. The van der Waals surface area contributed by atoms with E-state index in [-0.39, 0.29) is 0 Å². The van der Waals surface area contributed by atoms with Gasteiger partial charge >= 0.3 is 0 Å². The van der Waals surface area contributed by atoms with Crippen LogP contribution in [0, 0.1) is 11.8 Å². The van der Waals surface area contributed by atoms with Gasteiger partial charge in [-0.15, -0.1) is 0 Å². The van der Waals surface area contributed by atoms with Gasteiger partial charge in [-0.1, -0.05) is 70.2 Å². The van der Waals surface area contributed by atoms with Gasteiger partial charge < -0.3 is 0 Å². The third-order valence-electron chi connectivity index (χ3n) is 5.71. The summed E-state index contributed by atoms with van der Waals surface area (Å²) in [5.74, 6) is 2.77. The molecule has 1 fully saturated rings. The first-order chi connectivity index (χ1) is 11.8. The van der Waals surface area contributed by atoms with Crippen molar-refractivity contribution in [2.75, 3.05) is 0 Å². The number of rotatable bonds is 6. The molecule has 1 aliphatic carbocycles. The lowest BCUT2D eigenvalue weighted by Gasteiger charge is -2.27. The maximum atomic E-state index is 4.47. The maximum absolute atomic E-state index is 4.47. The van der Waals surface area contributed by atoms with Gasteiger partial charge in [-0.2, -0.15) is 0 Å². The third-order valence-corrected chi connectivity index (χ3v) is 5.71. The second-order valence-electron chi connectivity index (χ2n) is 7.30. The van der Waals surface area contributed by atoms with Crippen LogP contribution < -0.4 is 0 Å². The Balaban J connectivity index is 1.53. The minimum absolute atomic E-state index is 0.830. The molecule has 1 aromatic carbocycles. The van der Waals surface area contributed by atoms with Gasteiger partial charge in [0.2, 0.25) is 0 Å². The SMILES string of the molecule is CCc1cnc(-c2ccc(CCC3CCC(CC)CC3)cc2)nc1. The topological polar surface area (TPSA) is 25.8 Å². The largest absolute Gasteiger partial charge is 0.236 e. The molecule has 0 aliphatic heterocycles. The van der Waals surface area contributed by atoms with Crippen molar-refractivity contribution in [3.05, 3.63) is 47.8 Å². The first-order valence-electron chi connectivity index (χ1n) is 9.68. The van der Waals surface area contributed by atoms with Gasteiger partial charge in [0, 0.05) is 18.0 Å². The average molecular weight is 322 g/mol. The molecule has 2 heteroatoms. The fraction of sp³-hybridized carbons (Fsp3) is 0.545. The molecule has 3 rings (SSSR count). The lowest BCUT2D eigenvalue weighted by molar-refractivity contribution is 0.259. The number of hydrogen-bond donors (Lipinski definition) is 0. The van der Waals surface area contributed by atoms with Crippen molar-refractivity contribution >= 4 is 0 Å². The Morgan fingerprint density at radius 3 is 2.04 bits per heavy atom. The van der Waals surface area contributed by atoms with E-state index in [1.165, 1.54) is 56.1 Å². The van der Waals surface area contributed by atoms with E-state index < -0.39 is 0 Å². The molecule has 0 N–H and O–H groups in total. The molecular formula is C22H30N2. The minimum Gasteiger partial charge on any atom is -0.236 e. The first-order valence-corrected chi connectivity index (χ1v) is 9.68. The van der Waals surface area contributed by atoms with Gasteiger partial charge in [-0.3, -0.25) is 0 Å². The average Bonchev–Trinajstić information content (AvgIpc) is 2.67. The normalized spacial score (nSPS) is 20.9. The standard InChI is InChI=1S/C22H30N2/c1-3-17-5-7-19(8-6-17)9-10-20-11-13-21(14-12-20)22-23-15-18(4-2)16-24-22/h11-17,19H,3-10H2,1-2H3. The number of nitrogens with zero attached hydrogens (tertiary/aromatic N) is 2. The summed E-state index contributed by atoms with van der Waals surface area (Å²) in [6, 6.07) is 8.85. The van der Waals surface area contributed by atoms with Crippen LogP contribution in [0.25, 0.3) is 11.4 Å². The molecule has 2 nitrogen and oxygen atoms in total. The molecule has 0 amide bonds. The highest BCUT2D eigenvalue weighted by Crippen LogP contribution is 2.33. The van der Waals surface area contributed by atoms with Crippen LogP contribution in [0.3, 0.4) is 0 Å². The van der Waals surface area contributed by atoms with E-state index in [9.17, 15) is 0 Å². The molecule has 1 saturated carbocycles. The summed E-state index contributed by atoms with van der Waals surface area (Å²) in [5, 5.41) is 0. The van der Waals surface area contributed by atoms with Gasteiger partial charge in [-0.25, -0.2) is 9.97 Å². The van der Waals surface area contributed by atoms with Crippen LogP contribution >= 0.6 is 0 Å². The zero-order chi connectivity index (χ0) is 16.8. The van der Waals surface area contributed by atoms with E-state index in [0.717, 1.165) is 29.6 Å². The summed E-state index contributed by atoms with van der Waals surface area (Å²) >= 11 is 0. The van der Waals surface area contributed by atoms with Crippen molar-refractivity contribution in [3.8, 4) is 11.4 Å². The van der Waals surface area contributed by atoms with E-state index in [0.29, 0.717) is 0 Å². The van der Waals surface area contributed by atoms with Gasteiger partial charge in [0.1, 0.15) is 0 Å². The zero-order valence-electron chi connectivity index (χ0n) is 15.2. The van der Waals surface area contributed by atoms with E-state index in [4.69, 9.17) is 0 Å². The maximum Gasteiger partial charge on any atom is 0.159 e. The van der Waals surface area contributed by atoms with Crippen molar-refractivity contribution in [1.82, 2.24) is 9.97 Å². The van der Waals surface area contributed by atoms with Gasteiger partial charge in [0.05, 0.1) is 0 Å². The zero-order valence-corrected chi connectivity index (χ0v) is 15.2. The van der Waals surface area contributed by atoms with Crippen molar-refractivity contribution in [1.29, 1.82) is 0 Å². The Labute approximate surface area is 146 Å². The van der Waals surface area contributed by atoms with Crippen LogP contribution in [-0.4, -0.2) is 9.97 Å². The fourth-order valence-corrected chi connectivity index (χ4v) is 3.81. The van der Waals surface area contributed by atoms with Crippen molar-refractivity contribution in [2.45, 2.75) is 65.2 Å². The molecular weight excluding hydrogens is 292 g/mol. The van der Waals surface area contributed by atoms with Gasteiger partial charge in [0.15, 0.2) is 5.82 Å². The fourth-order valence-electron chi connectivity index (χ4n) is 3.81. The lowest BCUT2D eigenvalue weighted by Crippen LogP contribution is -2.14. The Morgan fingerprint density at radius 2 is 1.46 bits per heavy atom. The highest BCUT2D eigenvalue weighted by molar-refractivity contribution is 5.55. The predicted molar refractivity (Wildman–Crippen MR) is 101 cm³/mol. The number of benzene rings is 1. The quantitative estimate of drug-likeness (QED) is 0.666. The Bertz CT molecular complexity index is 607. The second-order valence-corrected chi connectivity index (χ2v) is 7.30. The van der Waals surface area contributed by atoms with Crippen LogP contribution in [0.2, 0.25) is 0 Å². The Morgan fingerprint density at radius 1 is 0.833 bits per heavy atom. The monoisotopic (exact) mass is 322 g/mol. The van der Waals surface area contributed by atoms with Crippen LogP contribution in [0.5, 0.6) is 0 Å². The van der Waals surface area contributed by atoms with Crippen LogP contribution in [0.1, 0.15) is 63.5 Å². The highest BCUT2D eigenvalue weighted by Gasteiger charge is 2.19. The predicted octanol–water partition coefficient (Wildman–Crippen LogP) is 5.86. The van der Waals surface area contributed by atoms with E-state index in [2.05, 4.69) is 48.1 Å².